The van der Waals surface area contributed by atoms with Gasteiger partial charge in [-0.05, 0) is 27.2 Å². The molecule has 16 heavy (non-hydrogen) atoms. The van der Waals surface area contributed by atoms with Crippen molar-refractivity contribution in [2.45, 2.75) is 58.6 Å². The molecule has 0 aromatic rings. The number of amides is 2. The molecule has 5 heteroatoms. The normalized spacial score (nSPS) is 13.1. The molecule has 0 saturated heterocycles. The minimum atomic E-state index is -0.746. The molecule has 0 spiro atoms. The number of rotatable bonds is 4. The van der Waals surface area contributed by atoms with Gasteiger partial charge in [0, 0.05) is 0 Å². The molecule has 0 aromatic heterocycles. The lowest BCUT2D eigenvalue weighted by molar-refractivity contribution is -0.122. The Bertz CT molecular complexity index is 246. The van der Waals surface area contributed by atoms with E-state index < -0.39 is 23.6 Å². The van der Waals surface area contributed by atoms with Crippen LogP contribution in [0.5, 0.6) is 0 Å². The van der Waals surface area contributed by atoms with Crippen molar-refractivity contribution in [3.8, 4) is 0 Å². The fourth-order valence-corrected chi connectivity index (χ4v) is 1.05. The minimum absolute atomic E-state index is 0.484. The van der Waals surface area contributed by atoms with Gasteiger partial charge in [-0.3, -0.25) is 10.1 Å². The van der Waals surface area contributed by atoms with Crippen LogP contribution in [0.15, 0.2) is 0 Å². The van der Waals surface area contributed by atoms with E-state index in [1.807, 2.05) is 6.92 Å². The van der Waals surface area contributed by atoms with E-state index in [4.69, 9.17) is 10.5 Å². The van der Waals surface area contributed by atoms with E-state index in [1.54, 1.807) is 20.8 Å². The number of hydrogen-bond acceptors (Lipinski definition) is 4. The first-order valence-electron chi connectivity index (χ1n) is 5.55. The van der Waals surface area contributed by atoms with Crippen molar-refractivity contribution in [3.05, 3.63) is 0 Å². The molecule has 0 unspecified atom stereocenters. The summed E-state index contributed by atoms with van der Waals surface area (Å²) in [5.41, 5.74) is 4.98. The van der Waals surface area contributed by atoms with Gasteiger partial charge in [0.15, 0.2) is 0 Å². The molecule has 0 aromatic carbocycles. The van der Waals surface area contributed by atoms with Crippen LogP contribution in [0.1, 0.15) is 47.0 Å². The third-order valence-electron chi connectivity index (χ3n) is 1.83. The Morgan fingerprint density at radius 3 is 2.38 bits per heavy atom. The zero-order chi connectivity index (χ0) is 12.8. The molecule has 0 rings (SSSR count). The second kappa shape index (κ2) is 6.48. The van der Waals surface area contributed by atoms with Gasteiger partial charge in [-0.2, -0.15) is 0 Å². The van der Waals surface area contributed by atoms with E-state index >= 15 is 0 Å². The van der Waals surface area contributed by atoms with E-state index in [1.165, 1.54) is 0 Å². The van der Waals surface area contributed by atoms with Crippen LogP contribution in [0.2, 0.25) is 0 Å². The smallest absolute Gasteiger partial charge is 0.414 e. The summed E-state index contributed by atoms with van der Waals surface area (Å²) in [6.07, 6.45) is 1.66. The highest BCUT2D eigenvalue weighted by Crippen LogP contribution is 2.06. The first-order valence-corrected chi connectivity index (χ1v) is 5.55. The molecule has 0 fully saturated rings. The Morgan fingerprint density at radius 2 is 1.94 bits per heavy atom. The zero-order valence-electron chi connectivity index (χ0n) is 10.5. The Balaban J connectivity index is 3.99. The molecular weight excluding hydrogens is 208 g/mol. The van der Waals surface area contributed by atoms with Gasteiger partial charge in [0.2, 0.25) is 5.91 Å². The number of alkyl carbamates (subject to hydrolysis) is 1. The summed E-state index contributed by atoms with van der Waals surface area (Å²) in [5, 5.41) is 2.12. The van der Waals surface area contributed by atoms with E-state index in [0.29, 0.717) is 6.42 Å². The number of carbonyl (C=O) groups is 2. The average Bonchev–Trinajstić information content (AvgIpc) is 2.10. The summed E-state index contributed by atoms with van der Waals surface area (Å²) in [5.74, 6) is -0.484. The molecular formula is C11H22N2O3. The van der Waals surface area contributed by atoms with Crippen LogP contribution in [0.25, 0.3) is 0 Å². The molecule has 94 valence electrons. The average molecular weight is 230 g/mol. The molecule has 2 amide bonds. The highest BCUT2D eigenvalue weighted by atomic mass is 16.6. The van der Waals surface area contributed by atoms with Gasteiger partial charge >= 0.3 is 6.09 Å². The first-order chi connectivity index (χ1) is 7.26. The molecule has 0 aliphatic carbocycles. The fourth-order valence-electron chi connectivity index (χ4n) is 1.05. The lowest BCUT2D eigenvalue weighted by atomic mass is 10.1. The monoisotopic (exact) mass is 230 g/mol. The van der Waals surface area contributed by atoms with Crippen LogP contribution >= 0.6 is 0 Å². The lowest BCUT2D eigenvalue weighted by Gasteiger charge is -2.20. The predicted octanol–water partition coefficient (Wildman–Crippen LogP) is 1.56. The van der Waals surface area contributed by atoms with Gasteiger partial charge in [-0.25, -0.2) is 4.79 Å². The van der Waals surface area contributed by atoms with Crippen LogP contribution in [-0.2, 0) is 9.53 Å². The molecule has 0 bridgehead atoms. The van der Waals surface area contributed by atoms with Gasteiger partial charge in [0.1, 0.15) is 5.60 Å². The Kier molecular flexibility index (Phi) is 6.03. The maximum absolute atomic E-state index is 11.4. The Hall–Kier alpha value is -1.10. The first kappa shape index (κ1) is 14.9. The molecule has 0 aliphatic rings. The van der Waals surface area contributed by atoms with Gasteiger partial charge in [-0.1, -0.05) is 19.8 Å². The quantitative estimate of drug-likeness (QED) is 0.767. The van der Waals surface area contributed by atoms with Crippen molar-refractivity contribution in [3.63, 3.8) is 0 Å². The summed E-state index contributed by atoms with van der Waals surface area (Å²) in [4.78, 5) is 22.6. The third kappa shape index (κ3) is 7.23. The summed E-state index contributed by atoms with van der Waals surface area (Å²) >= 11 is 0. The fraction of sp³-hybridized carbons (Fsp3) is 0.818. The number of imide groups is 1. The molecule has 0 heterocycles. The van der Waals surface area contributed by atoms with Crippen molar-refractivity contribution < 1.29 is 14.3 Å². The van der Waals surface area contributed by atoms with Gasteiger partial charge in [-0.15, -0.1) is 0 Å². The second-order valence-electron chi connectivity index (χ2n) is 4.74. The SMILES string of the molecule is CCCC[C@H](N)C(=O)NC(=O)OC(C)(C)C. The van der Waals surface area contributed by atoms with Crippen LogP contribution < -0.4 is 11.1 Å². The summed E-state index contributed by atoms with van der Waals surface area (Å²) in [6.45, 7) is 7.20. The molecule has 0 radical (unpaired) electrons. The number of hydrogen-bond donors (Lipinski definition) is 2. The topological polar surface area (TPSA) is 81.4 Å². The van der Waals surface area contributed by atoms with Gasteiger partial charge in [0.25, 0.3) is 0 Å². The third-order valence-corrected chi connectivity index (χ3v) is 1.83. The van der Waals surface area contributed by atoms with Crippen LogP contribution in [0.4, 0.5) is 4.79 Å². The van der Waals surface area contributed by atoms with Crippen molar-refractivity contribution in [1.82, 2.24) is 5.32 Å². The van der Waals surface area contributed by atoms with E-state index in [2.05, 4.69) is 5.32 Å². The van der Waals surface area contributed by atoms with E-state index in [9.17, 15) is 9.59 Å². The van der Waals surface area contributed by atoms with E-state index in [0.717, 1.165) is 12.8 Å². The number of unbranched alkanes of at least 4 members (excludes halogenated alkanes) is 1. The van der Waals surface area contributed by atoms with E-state index in [-0.39, 0.29) is 0 Å². The number of carbonyl (C=O) groups excluding carboxylic acids is 2. The number of nitrogens with one attached hydrogen (secondary N) is 1. The summed E-state index contributed by atoms with van der Waals surface area (Å²) in [6, 6.07) is -0.646. The number of ether oxygens (including phenoxy) is 1. The largest absolute Gasteiger partial charge is 0.444 e. The Morgan fingerprint density at radius 1 is 1.38 bits per heavy atom. The van der Waals surface area contributed by atoms with Crippen LogP contribution in [0, 0.1) is 0 Å². The van der Waals surface area contributed by atoms with Crippen molar-refractivity contribution >= 4 is 12.0 Å². The number of nitrogens with two attached hydrogens (primary N) is 1. The van der Waals surface area contributed by atoms with Crippen molar-refractivity contribution in [1.29, 1.82) is 0 Å². The predicted molar refractivity (Wildman–Crippen MR) is 61.9 cm³/mol. The Labute approximate surface area is 96.7 Å². The standard InChI is InChI=1S/C11H22N2O3/c1-5-6-7-8(12)9(14)13-10(15)16-11(2,3)4/h8H,5-7,12H2,1-4H3,(H,13,14,15)/t8-/m0/s1. The maximum Gasteiger partial charge on any atom is 0.414 e. The molecule has 0 saturated carbocycles. The molecule has 0 aliphatic heterocycles. The zero-order valence-corrected chi connectivity index (χ0v) is 10.5. The van der Waals surface area contributed by atoms with Gasteiger partial charge in [0.05, 0.1) is 6.04 Å². The molecule has 1 atom stereocenters. The maximum atomic E-state index is 11.4. The van der Waals surface area contributed by atoms with Crippen molar-refractivity contribution in [2.24, 2.45) is 5.73 Å². The molecule has 3 N–H and O–H groups in total. The van der Waals surface area contributed by atoms with Gasteiger partial charge < -0.3 is 10.5 Å². The summed E-state index contributed by atoms with van der Waals surface area (Å²) in [7, 11) is 0. The van der Waals surface area contributed by atoms with Crippen molar-refractivity contribution in [2.75, 3.05) is 0 Å². The highest BCUT2D eigenvalue weighted by Gasteiger charge is 2.20. The molecule has 5 nitrogen and oxygen atoms in total. The second-order valence-corrected chi connectivity index (χ2v) is 4.74. The summed E-state index contributed by atoms with van der Waals surface area (Å²) < 4.78 is 4.94. The lowest BCUT2D eigenvalue weighted by Crippen LogP contribution is -2.45. The van der Waals surface area contributed by atoms with Crippen LogP contribution in [-0.4, -0.2) is 23.6 Å². The highest BCUT2D eigenvalue weighted by molar-refractivity contribution is 5.94. The van der Waals surface area contributed by atoms with Crippen LogP contribution in [0.3, 0.4) is 0 Å². The minimum Gasteiger partial charge on any atom is -0.444 e.